The number of amides is 1. The van der Waals surface area contributed by atoms with Crippen LogP contribution in [-0.2, 0) is 9.53 Å². The van der Waals surface area contributed by atoms with Gasteiger partial charge in [-0.1, -0.05) is 0 Å². The predicted molar refractivity (Wildman–Crippen MR) is 81.3 cm³/mol. The van der Waals surface area contributed by atoms with E-state index in [0.717, 1.165) is 31.6 Å². The summed E-state index contributed by atoms with van der Waals surface area (Å²) in [6.45, 7) is 4.55. The number of anilines is 1. The van der Waals surface area contributed by atoms with Gasteiger partial charge in [-0.05, 0) is 44.0 Å². The van der Waals surface area contributed by atoms with E-state index in [4.69, 9.17) is 4.74 Å². The summed E-state index contributed by atoms with van der Waals surface area (Å²) < 4.78 is 4.93. The summed E-state index contributed by atoms with van der Waals surface area (Å²) in [5.74, 6) is -0.101. The molecule has 2 rings (SSSR count). The smallest absolute Gasteiger partial charge is 0.338 e. The zero-order valence-corrected chi connectivity index (χ0v) is 12.4. The third-order valence-electron chi connectivity index (χ3n) is 3.52. The Balaban J connectivity index is 1.75. The number of benzene rings is 1. The zero-order chi connectivity index (χ0) is 15.1. The molecule has 0 bridgehead atoms. The van der Waals surface area contributed by atoms with Crippen molar-refractivity contribution in [3.63, 3.8) is 0 Å². The maximum Gasteiger partial charge on any atom is 0.338 e. The lowest BCUT2D eigenvalue weighted by Crippen LogP contribution is -2.29. The van der Waals surface area contributed by atoms with Crippen LogP contribution < -0.4 is 5.32 Å². The lowest BCUT2D eigenvalue weighted by atomic mass is 10.2. The normalized spacial score (nSPS) is 14.0. The van der Waals surface area contributed by atoms with Crippen LogP contribution in [-0.4, -0.2) is 43.0 Å². The lowest BCUT2D eigenvalue weighted by Gasteiger charge is -2.15. The molecule has 1 amide bonds. The van der Waals surface area contributed by atoms with E-state index in [2.05, 4.69) is 5.32 Å². The first kappa shape index (κ1) is 15.4. The Hall–Kier alpha value is -2.04. The summed E-state index contributed by atoms with van der Waals surface area (Å²) in [7, 11) is 0. The van der Waals surface area contributed by atoms with Gasteiger partial charge in [0.2, 0.25) is 5.91 Å². The van der Waals surface area contributed by atoms with Crippen LogP contribution in [0.4, 0.5) is 5.69 Å². The molecule has 5 nitrogen and oxygen atoms in total. The number of rotatable bonds is 6. The molecule has 1 aromatic carbocycles. The lowest BCUT2D eigenvalue weighted by molar-refractivity contribution is -0.129. The number of carbonyl (C=O) groups is 2. The van der Waals surface area contributed by atoms with Crippen molar-refractivity contribution < 1.29 is 14.3 Å². The molecule has 0 unspecified atom stereocenters. The summed E-state index contributed by atoms with van der Waals surface area (Å²) in [6, 6.07) is 7.10. The minimum Gasteiger partial charge on any atom is -0.462 e. The molecule has 21 heavy (non-hydrogen) atoms. The molecule has 0 aliphatic carbocycles. The third-order valence-corrected chi connectivity index (χ3v) is 3.52. The SMILES string of the molecule is CCOC(=O)c1ccc(NCCC(=O)N2CCCC2)cc1. The highest BCUT2D eigenvalue weighted by Gasteiger charge is 2.16. The van der Waals surface area contributed by atoms with Crippen molar-refractivity contribution in [2.24, 2.45) is 0 Å². The van der Waals surface area contributed by atoms with Crippen LogP contribution in [0.1, 0.15) is 36.5 Å². The summed E-state index contributed by atoms with van der Waals surface area (Å²) >= 11 is 0. The first-order valence-electron chi connectivity index (χ1n) is 7.49. The van der Waals surface area contributed by atoms with Crippen molar-refractivity contribution in [3.05, 3.63) is 29.8 Å². The van der Waals surface area contributed by atoms with Gasteiger partial charge in [-0.25, -0.2) is 4.79 Å². The standard InChI is InChI=1S/C16H22N2O3/c1-2-21-16(20)13-5-7-14(8-6-13)17-10-9-15(19)18-11-3-4-12-18/h5-8,17H,2-4,9-12H2,1H3. The second kappa shape index (κ2) is 7.67. The molecule has 0 aromatic heterocycles. The number of nitrogens with one attached hydrogen (secondary N) is 1. The monoisotopic (exact) mass is 290 g/mol. The van der Waals surface area contributed by atoms with E-state index >= 15 is 0 Å². The van der Waals surface area contributed by atoms with Crippen molar-refractivity contribution in [2.45, 2.75) is 26.2 Å². The van der Waals surface area contributed by atoms with Crippen LogP contribution in [0.25, 0.3) is 0 Å². The molecule has 114 valence electrons. The average Bonchev–Trinajstić information content (AvgIpc) is 3.02. The minimum absolute atomic E-state index is 0.211. The van der Waals surface area contributed by atoms with Crippen LogP contribution >= 0.6 is 0 Å². The highest BCUT2D eigenvalue weighted by molar-refractivity contribution is 5.89. The van der Waals surface area contributed by atoms with Gasteiger partial charge in [0.25, 0.3) is 0 Å². The van der Waals surface area contributed by atoms with Gasteiger partial charge in [0.05, 0.1) is 12.2 Å². The van der Waals surface area contributed by atoms with E-state index < -0.39 is 0 Å². The Morgan fingerprint density at radius 2 is 1.86 bits per heavy atom. The first-order valence-corrected chi connectivity index (χ1v) is 7.49. The van der Waals surface area contributed by atoms with Crippen molar-refractivity contribution >= 4 is 17.6 Å². The van der Waals surface area contributed by atoms with Crippen LogP contribution in [0.15, 0.2) is 24.3 Å². The minimum atomic E-state index is -0.312. The molecule has 1 saturated heterocycles. The first-order chi connectivity index (χ1) is 10.2. The molecule has 1 aliphatic rings. The second-order valence-electron chi connectivity index (χ2n) is 5.06. The van der Waals surface area contributed by atoms with Crippen LogP contribution in [0.3, 0.4) is 0 Å². The molecule has 0 radical (unpaired) electrons. The maximum absolute atomic E-state index is 11.9. The fourth-order valence-electron chi connectivity index (χ4n) is 2.38. The van der Waals surface area contributed by atoms with Gasteiger partial charge < -0.3 is 15.0 Å². The van der Waals surface area contributed by atoms with Gasteiger partial charge in [0.1, 0.15) is 0 Å². The van der Waals surface area contributed by atoms with Crippen molar-refractivity contribution in [1.29, 1.82) is 0 Å². The van der Waals surface area contributed by atoms with E-state index in [0.29, 0.717) is 25.1 Å². The van der Waals surface area contributed by atoms with Gasteiger partial charge >= 0.3 is 5.97 Å². The average molecular weight is 290 g/mol. The number of carbonyl (C=O) groups excluding carboxylic acids is 2. The van der Waals surface area contributed by atoms with E-state index in [9.17, 15) is 9.59 Å². The zero-order valence-electron chi connectivity index (χ0n) is 12.4. The Morgan fingerprint density at radius 3 is 2.48 bits per heavy atom. The molecule has 1 aromatic rings. The number of esters is 1. The number of likely N-dealkylation sites (tertiary alicyclic amines) is 1. The van der Waals surface area contributed by atoms with Crippen molar-refractivity contribution in [2.75, 3.05) is 31.6 Å². The van der Waals surface area contributed by atoms with E-state index in [-0.39, 0.29) is 11.9 Å². The quantitative estimate of drug-likeness (QED) is 0.817. The van der Waals surface area contributed by atoms with E-state index in [1.165, 1.54) is 0 Å². The van der Waals surface area contributed by atoms with Gasteiger partial charge in [-0.15, -0.1) is 0 Å². The maximum atomic E-state index is 11.9. The van der Waals surface area contributed by atoms with E-state index in [1.807, 2.05) is 17.0 Å². The van der Waals surface area contributed by atoms with Crippen LogP contribution in [0.5, 0.6) is 0 Å². The molecule has 0 spiro atoms. The van der Waals surface area contributed by atoms with Gasteiger partial charge in [0.15, 0.2) is 0 Å². The fraction of sp³-hybridized carbons (Fsp3) is 0.500. The molecule has 1 aliphatic heterocycles. The third kappa shape index (κ3) is 4.48. The Labute approximate surface area is 125 Å². The second-order valence-corrected chi connectivity index (χ2v) is 5.06. The summed E-state index contributed by atoms with van der Waals surface area (Å²) in [6.07, 6.45) is 2.74. The number of hydrogen-bond acceptors (Lipinski definition) is 4. The van der Waals surface area contributed by atoms with Crippen LogP contribution in [0.2, 0.25) is 0 Å². The molecule has 1 heterocycles. The molecule has 1 fully saturated rings. The number of ether oxygens (including phenoxy) is 1. The van der Waals surface area contributed by atoms with Crippen LogP contribution in [0, 0.1) is 0 Å². The number of hydrogen-bond donors (Lipinski definition) is 1. The highest BCUT2D eigenvalue weighted by atomic mass is 16.5. The predicted octanol–water partition coefficient (Wildman–Crippen LogP) is 2.29. The Kier molecular flexibility index (Phi) is 5.60. The van der Waals surface area contributed by atoms with Gasteiger partial charge in [-0.3, -0.25) is 4.79 Å². The van der Waals surface area contributed by atoms with Crippen molar-refractivity contribution in [1.82, 2.24) is 4.90 Å². The molecular formula is C16H22N2O3. The molecule has 0 atom stereocenters. The Morgan fingerprint density at radius 1 is 1.19 bits per heavy atom. The van der Waals surface area contributed by atoms with E-state index in [1.54, 1.807) is 19.1 Å². The Bertz CT molecular complexity index is 479. The molecule has 0 saturated carbocycles. The van der Waals surface area contributed by atoms with Crippen molar-refractivity contribution in [3.8, 4) is 0 Å². The highest BCUT2D eigenvalue weighted by Crippen LogP contribution is 2.12. The largest absolute Gasteiger partial charge is 0.462 e. The number of nitrogens with zero attached hydrogens (tertiary/aromatic N) is 1. The summed E-state index contributed by atoms with van der Waals surface area (Å²) in [4.78, 5) is 25.3. The molecular weight excluding hydrogens is 268 g/mol. The fourth-order valence-corrected chi connectivity index (χ4v) is 2.38. The topological polar surface area (TPSA) is 58.6 Å². The molecule has 1 N–H and O–H groups in total. The van der Waals surface area contributed by atoms with Gasteiger partial charge in [-0.2, -0.15) is 0 Å². The summed E-state index contributed by atoms with van der Waals surface area (Å²) in [5, 5.41) is 3.20. The van der Waals surface area contributed by atoms with Gasteiger partial charge in [0, 0.05) is 31.7 Å². The molecule has 5 heteroatoms. The summed E-state index contributed by atoms with van der Waals surface area (Å²) in [5.41, 5.74) is 1.44.